The molecule has 0 radical (unpaired) electrons. The van der Waals surface area contributed by atoms with E-state index in [9.17, 15) is 5.11 Å². The van der Waals surface area contributed by atoms with E-state index in [0.29, 0.717) is 11.5 Å². The maximum atomic E-state index is 9.97. The number of nitrogen functional groups attached to an aromatic ring is 1. The summed E-state index contributed by atoms with van der Waals surface area (Å²) in [6.07, 6.45) is 0.463. The van der Waals surface area contributed by atoms with Crippen molar-refractivity contribution in [1.29, 1.82) is 0 Å². The molecule has 5 nitrogen and oxygen atoms in total. The van der Waals surface area contributed by atoms with E-state index in [0.717, 1.165) is 24.1 Å². The van der Waals surface area contributed by atoms with E-state index in [4.69, 9.17) is 10.5 Å². The summed E-state index contributed by atoms with van der Waals surface area (Å²) >= 11 is 0. The Morgan fingerprint density at radius 3 is 2.95 bits per heavy atom. The van der Waals surface area contributed by atoms with Gasteiger partial charge in [-0.3, -0.25) is 0 Å². The first-order valence-corrected chi connectivity index (χ1v) is 6.65. The third kappa shape index (κ3) is 1.99. The summed E-state index contributed by atoms with van der Waals surface area (Å²) in [6, 6.07) is 5.90. The normalized spacial score (nSPS) is 25.0. The van der Waals surface area contributed by atoms with E-state index in [1.54, 1.807) is 6.92 Å². The number of nitrogens with two attached hydrogens (primary N) is 1. The molecule has 0 saturated carbocycles. The molecule has 1 aromatic heterocycles. The lowest BCUT2D eigenvalue weighted by Gasteiger charge is -2.20. The van der Waals surface area contributed by atoms with Crippen LogP contribution in [0.1, 0.15) is 38.2 Å². The second-order valence-electron chi connectivity index (χ2n) is 5.20. The van der Waals surface area contributed by atoms with Gasteiger partial charge in [-0.2, -0.15) is 0 Å². The summed E-state index contributed by atoms with van der Waals surface area (Å²) in [4.78, 5) is 4.53. The lowest BCUT2D eigenvalue weighted by atomic mass is 10.1. The number of anilines is 1. The van der Waals surface area contributed by atoms with Crippen LogP contribution in [0, 0.1) is 0 Å². The molecule has 3 unspecified atom stereocenters. The number of aliphatic hydroxyl groups excluding tert-OH is 1. The number of hydrogen-bond acceptors (Lipinski definition) is 4. The predicted molar refractivity (Wildman–Crippen MR) is 73.8 cm³/mol. The van der Waals surface area contributed by atoms with Crippen LogP contribution in [0.15, 0.2) is 18.2 Å². The van der Waals surface area contributed by atoms with E-state index in [1.807, 2.05) is 18.2 Å². The van der Waals surface area contributed by atoms with Crippen molar-refractivity contribution in [3.05, 3.63) is 24.0 Å². The highest BCUT2D eigenvalue weighted by Crippen LogP contribution is 2.33. The molecule has 3 N–H and O–H groups in total. The van der Waals surface area contributed by atoms with E-state index in [2.05, 4.69) is 16.5 Å². The van der Waals surface area contributed by atoms with Gasteiger partial charge in [0.1, 0.15) is 11.9 Å². The second-order valence-corrected chi connectivity index (χ2v) is 5.20. The molecule has 0 amide bonds. The van der Waals surface area contributed by atoms with Gasteiger partial charge in [-0.25, -0.2) is 4.98 Å². The maximum absolute atomic E-state index is 9.97. The number of imidazole rings is 1. The Hall–Kier alpha value is -1.59. The first kappa shape index (κ1) is 12.4. The Labute approximate surface area is 112 Å². The summed E-state index contributed by atoms with van der Waals surface area (Å²) in [5, 5.41) is 9.97. The van der Waals surface area contributed by atoms with Gasteiger partial charge >= 0.3 is 0 Å². The summed E-state index contributed by atoms with van der Waals surface area (Å²) in [6.45, 7) is 4.55. The molecule has 1 saturated heterocycles. The van der Waals surface area contributed by atoms with Gasteiger partial charge in [0, 0.05) is 12.3 Å². The fraction of sp³-hybridized carbons (Fsp3) is 0.500. The van der Waals surface area contributed by atoms with Crippen molar-refractivity contribution in [2.45, 2.75) is 38.5 Å². The van der Waals surface area contributed by atoms with Gasteiger partial charge in [0.05, 0.1) is 23.2 Å². The van der Waals surface area contributed by atoms with Gasteiger partial charge in [-0.1, -0.05) is 0 Å². The molecule has 0 spiro atoms. The first-order valence-electron chi connectivity index (χ1n) is 6.65. The molecule has 1 aliphatic heterocycles. The Kier molecular flexibility index (Phi) is 2.95. The number of aliphatic hydroxyl groups is 1. The average Bonchev–Trinajstić information content (AvgIpc) is 2.91. The minimum Gasteiger partial charge on any atom is -0.399 e. The molecule has 0 aliphatic carbocycles. The number of rotatable bonds is 2. The molecular weight excluding hydrogens is 242 g/mol. The number of hydrogen-bond donors (Lipinski definition) is 2. The van der Waals surface area contributed by atoms with E-state index >= 15 is 0 Å². The van der Waals surface area contributed by atoms with Gasteiger partial charge in [0.25, 0.3) is 0 Å². The molecule has 1 aromatic carbocycles. The number of ether oxygens (including phenoxy) is 1. The molecule has 0 bridgehead atoms. The highest BCUT2D eigenvalue weighted by molar-refractivity contribution is 5.80. The Morgan fingerprint density at radius 2 is 2.32 bits per heavy atom. The summed E-state index contributed by atoms with van der Waals surface area (Å²) in [5.41, 5.74) is 8.32. The molecule has 3 rings (SSSR count). The Bertz CT molecular complexity index is 606. The van der Waals surface area contributed by atoms with Crippen molar-refractivity contribution in [1.82, 2.24) is 9.55 Å². The van der Waals surface area contributed by atoms with Crippen LogP contribution in [0.4, 0.5) is 5.69 Å². The summed E-state index contributed by atoms with van der Waals surface area (Å²) in [7, 11) is 0. The maximum Gasteiger partial charge on any atom is 0.138 e. The van der Waals surface area contributed by atoms with Crippen molar-refractivity contribution in [3.8, 4) is 0 Å². The zero-order valence-corrected chi connectivity index (χ0v) is 11.2. The zero-order chi connectivity index (χ0) is 13.6. The predicted octanol–water partition coefficient (Wildman–Crippen LogP) is 2.02. The quantitative estimate of drug-likeness (QED) is 0.811. The van der Waals surface area contributed by atoms with Crippen molar-refractivity contribution in [2.75, 3.05) is 12.3 Å². The largest absolute Gasteiger partial charge is 0.399 e. The van der Waals surface area contributed by atoms with Crippen LogP contribution < -0.4 is 5.73 Å². The first-order chi connectivity index (χ1) is 9.08. The molecule has 102 valence electrons. The monoisotopic (exact) mass is 261 g/mol. The zero-order valence-electron chi connectivity index (χ0n) is 11.2. The van der Waals surface area contributed by atoms with Gasteiger partial charge in [-0.15, -0.1) is 0 Å². The van der Waals surface area contributed by atoms with E-state index in [1.165, 1.54) is 0 Å². The third-order valence-electron chi connectivity index (χ3n) is 3.78. The Morgan fingerprint density at radius 1 is 1.53 bits per heavy atom. The minimum atomic E-state index is -0.610. The van der Waals surface area contributed by atoms with Crippen LogP contribution in [0.5, 0.6) is 0 Å². The lowest BCUT2D eigenvalue weighted by molar-refractivity contribution is 0.105. The average molecular weight is 261 g/mol. The molecule has 1 fully saturated rings. The lowest BCUT2D eigenvalue weighted by Crippen LogP contribution is -2.20. The van der Waals surface area contributed by atoms with Crippen LogP contribution >= 0.6 is 0 Å². The third-order valence-corrected chi connectivity index (χ3v) is 3.78. The number of fused-ring (bicyclic) bond motifs is 1. The van der Waals surface area contributed by atoms with Crippen molar-refractivity contribution >= 4 is 16.7 Å². The van der Waals surface area contributed by atoms with Gasteiger partial charge in [-0.05, 0) is 38.5 Å². The highest BCUT2D eigenvalue weighted by Gasteiger charge is 2.30. The van der Waals surface area contributed by atoms with Crippen LogP contribution in [0.25, 0.3) is 11.0 Å². The van der Waals surface area contributed by atoms with Crippen LogP contribution in [-0.4, -0.2) is 27.4 Å². The molecule has 2 aromatic rings. The van der Waals surface area contributed by atoms with E-state index in [-0.39, 0.29) is 12.1 Å². The second kappa shape index (κ2) is 4.51. The van der Waals surface area contributed by atoms with Crippen molar-refractivity contribution in [2.24, 2.45) is 0 Å². The standard InChI is InChI=1S/C14H19N3O2/c1-8(18)14-16-11-7-10(15)3-4-13(11)17(14)12-5-6-19-9(12)2/h3-4,7-9,12,18H,5-6,15H2,1-2H3. The van der Waals surface area contributed by atoms with Crippen LogP contribution in [-0.2, 0) is 4.74 Å². The number of aromatic nitrogens is 2. The van der Waals surface area contributed by atoms with Crippen LogP contribution in [0.3, 0.4) is 0 Å². The van der Waals surface area contributed by atoms with Gasteiger partial charge < -0.3 is 20.1 Å². The molecular formula is C14H19N3O2. The topological polar surface area (TPSA) is 73.3 Å². The minimum absolute atomic E-state index is 0.132. The van der Waals surface area contributed by atoms with Crippen molar-refractivity contribution in [3.63, 3.8) is 0 Å². The summed E-state index contributed by atoms with van der Waals surface area (Å²) < 4.78 is 7.75. The smallest absolute Gasteiger partial charge is 0.138 e. The fourth-order valence-electron chi connectivity index (χ4n) is 2.84. The van der Waals surface area contributed by atoms with Crippen molar-refractivity contribution < 1.29 is 9.84 Å². The number of nitrogens with zero attached hydrogens (tertiary/aromatic N) is 2. The molecule has 5 heteroatoms. The molecule has 1 aliphatic rings. The SMILES string of the molecule is CC(O)c1nc2cc(N)ccc2n1C1CCOC1C. The fourth-order valence-corrected chi connectivity index (χ4v) is 2.84. The van der Waals surface area contributed by atoms with Gasteiger partial charge in [0.2, 0.25) is 0 Å². The van der Waals surface area contributed by atoms with Gasteiger partial charge in [0.15, 0.2) is 0 Å². The molecule has 19 heavy (non-hydrogen) atoms. The highest BCUT2D eigenvalue weighted by atomic mass is 16.5. The van der Waals surface area contributed by atoms with E-state index < -0.39 is 6.10 Å². The van der Waals surface area contributed by atoms with Crippen LogP contribution in [0.2, 0.25) is 0 Å². The Balaban J connectivity index is 2.22. The molecule has 2 heterocycles. The summed E-state index contributed by atoms with van der Waals surface area (Å²) in [5.74, 6) is 0.683. The number of benzene rings is 1. The molecule has 3 atom stereocenters.